The van der Waals surface area contributed by atoms with Gasteiger partial charge in [0.1, 0.15) is 6.04 Å². The lowest BCUT2D eigenvalue weighted by atomic mass is 9.95. The summed E-state index contributed by atoms with van der Waals surface area (Å²) in [5.74, 6) is -0.856. The molecule has 1 aromatic rings. The minimum atomic E-state index is -0.856. The van der Waals surface area contributed by atoms with E-state index in [-0.39, 0.29) is 6.10 Å². The molecule has 0 aromatic heterocycles. The molecule has 0 aliphatic carbocycles. The van der Waals surface area contributed by atoms with Gasteiger partial charge in [-0.05, 0) is 25.0 Å². The van der Waals surface area contributed by atoms with Crippen LogP contribution in [0.2, 0.25) is 0 Å². The summed E-state index contributed by atoms with van der Waals surface area (Å²) in [6.45, 7) is 4.74. The quantitative estimate of drug-likeness (QED) is 0.823. The molecule has 2 N–H and O–H groups in total. The summed E-state index contributed by atoms with van der Waals surface area (Å²) >= 11 is 0. The van der Waals surface area contributed by atoms with E-state index in [0.717, 1.165) is 16.7 Å². The van der Waals surface area contributed by atoms with Gasteiger partial charge in [0.05, 0.1) is 6.10 Å². The molecule has 0 amide bonds. The third-order valence-electron chi connectivity index (χ3n) is 3.22. The highest BCUT2D eigenvalue weighted by Crippen LogP contribution is 2.29. The summed E-state index contributed by atoms with van der Waals surface area (Å²) in [5, 5.41) is 18.6. The monoisotopic (exact) mass is 235 g/mol. The van der Waals surface area contributed by atoms with E-state index in [1.807, 2.05) is 32.0 Å². The minimum absolute atomic E-state index is 0.387. The Morgan fingerprint density at radius 3 is 2.59 bits per heavy atom. The number of carbonyl (C=O) groups is 1. The number of rotatable bonds is 3. The minimum Gasteiger partial charge on any atom is -0.480 e. The number of likely N-dealkylation sites (tertiary alicyclic amines) is 1. The topological polar surface area (TPSA) is 60.8 Å². The molecule has 1 saturated heterocycles. The van der Waals surface area contributed by atoms with E-state index in [0.29, 0.717) is 13.1 Å². The first-order valence-corrected chi connectivity index (χ1v) is 5.71. The zero-order valence-electron chi connectivity index (χ0n) is 10.1. The Morgan fingerprint density at radius 2 is 2.06 bits per heavy atom. The summed E-state index contributed by atoms with van der Waals surface area (Å²) in [4.78, 5) is 13.2. The zero-order valence-corrected chi connectivity index (χ0v) is 10.1. The van der Waals surface area contributed by atoms with Crippen LogP contribution in [-0.4, -0.2) is 40.3 Å². The van der Waals surface area contributed by atoms with E-state index in [1.54, 1.807) is 4.90 Å². The zero-order chi connectivity index (χ0) is 12.6. The van der Waals surface area contributed by atoms with Crippen LogP contribution in [0.3, 0.4) is 0 Å². The predicted octanol–water partition coefficient (Wildman–Crippen LogP) is 1.11. The summed E-state index contributed by atoms with van der Waals surface area (Å²) < 4.78 is 0. The van der Waals surface area contributed by atoms with E-state index < -0.39 is 12.0 Å². The van der Waals surface area contributed by atoms with Crippen LogP contribution >= 0.6 is 0 Å². The van der Waals surface area contributed by atoms with Crippen molar-refractivity contribution in [2.75, 3.05) is 13.1 Å². The number of aliphatic carboxylic acids is 1. The van der Waals surface area contributed by atoms with Crippen molar-refractivity contribution in [1.29, 1.82) is 0 Å². The van der Waals surface area contributed by atoms with Gasteiger partial charge in [0, 0.05) is 13.1 Å². The average Bonchev–Trinajstić information content (AvgIpc) is 2.20. The van der Waals surface area contributed by atoms with Crippen molar-refractivity contribution in [1.82, 2.24) is 4.90 Å². The second kappa shape index (κ2) is 4.47. The Labute approximate surface area is 100 Å². The number of nitrogens with zero attached hydrogens (tertiary/aromatic N) is 1. The molecule has 1 unspecified atom stereocenters. The van der Waals surface area contributed by atoms with Gasteiger partial charge in [-0.1, -0.05) is 23.8 Å². The summed E-state index contributed by atoms with van der Waals surface area (Å²) in [5.41, 5.74) is 2.85. The number of aliphatic hydroxyl groups excluding tert-OH is 1. The molecule has 17 heavy (non-hydrogen) atoms. The van der Waals surface area contributed by atoms with Crippen molar-refractivity contribution in [3.05, 3.63) is 34.9 Å². The number of aryl methyl sites for hydroxylation is 2. The maximum atomic E-state index is 11.4. The Kier molecular flexibility index (Phi) is 3.17. The fourth-order valence-electron chi connectivity index (χ4n) is 2.24. The van der Waals surface area contributed by atoms with Crippen molar-refractivity contribution in [3.63, 3.8) is 0 Å². The number of benzene rings is 1. The van der Waals surface area contributed by atoms with E-state index in [2.05, 4.69) is 0 Å². The largest absolute Gasteiger partial charge is 0.480 e. The third kappa shape index (κ3) is 2.33. The SMILES string of the molecule is Cc1ccc(C)c(C(C(=O)O)N2CC(O)C2)c1. The predicted molar refractivity (Wildman–Crippen MR) is 63.9 cm³/mol. The Morgan fingerprint density at radius 1 is 1.41 bits per heavy atom. The van der Waals surface area contributed by atoms with Crippen LogP contribution in [0.1, 0.15) is 22.7 Å². The first-order valence-electron chi connectivity index (χ1n) is 5.71. The fraction of sp³-hybridized carbons (Fsp3) is 0.462. The van der Waals surface area contributed by atoms with Crippen molar-refractivity contribution in [2.45, 2.75) is 26.0 Å². The fourth-order valence-corrected chi connectivity index (χ4v) is 2.24. The standard InChI is InChI=1S/C13H17NO3/c1-8-3-4-9(2)11(5-8)12(13(16)17)14-6-10(15)7-14/h3-5,10,12,15H,6-7H2,1-2H3,(H,16,17). The van der Waals surface area contributed by atoms with Gasteiger partial charge >= 0.3 is 5.97 Å². The van der Waals surface area contributed by atoms with Gasteiger partial charge in [0.2, 0.25) is 0 Å². The molecule has 1 heterocycles. The van der Waals surface area contributed by atoms with E-state index >= 15 is 0 Å². The molecular weight excluding hydrogens is 218 g/mol. The van der Waals surface area contributed by atoms with Crippen molar-refractivity contribution in [2.24, 2.45) is 0 Å². The second-order valence-corrected chi connectivity index (χ2v) is 4.71. The van der Waals surface area contributed by atoms with Gasteiger partial charge in [-0.15, -0.1) is 0 Å². The second-order valence-electron chi connectivity index (χ2n) is 4.71. The van der Waals surface area contributed by atoms with Crippen LogP contribution in [0.15, 0.2) is 18.2 Å². The highest BCUT2D eigenvalue weighted by molar-refractivity contribution is 5.76. The third-order valence-corrected chi connectivity index (χ3v) is 3.22. The molecule has 1 aliphatic rings. The molecule has 0 radical (unpaired) electrons. The van der Waals surface area contributed by atoms with E-state index in [4.69, 9.17) is 0 Å². The Balaban J connectivity index is 2.32. The van der Waals surface area contributed by atoms with Gasteiger partial charge in [0.15, 0.2) is 0 Å². The smallest absolute Gasteiger partial charge is 0.325 e. The van der Waals surface area contributed by atoms with Gasteiger partial charge in [-0.3, -0.25) is 9.69 Å². The number of hydrogen-bond donors (Lipinski definition) is 2. The lowest BCUT2D eigenvalue weighted by molar-refractivity contribution is -0.148. The number of β-amino-alcohol motifs (C(OH)–C–C–N with tert-alkyl or cyclic N) is 1. The molecule has 0 saturated carbocycles. The number of carboxylic acids is 1. The first-order chi connectivity index (χ1) is 7.99. The van der Waals surface area contributed by atoms with Crippen LogP contribution in [0.4, 0.5) is 0 Å². The summed E-state index contributed by atoms with van der Waals surface area (Å²) in [6, 6.07) is 5.19. The molecule has 0 bridgehead atoms. The van der Waals surface area contributed by atoms with Gasteiger partial charge < -0.3 is 10.2 Å². The number of aliphatic hydroxyl groups is 1. The van der Waals surface area contributed by atoms with Crippen LogP contribution in [0.25, 0.3) is 0 Å². The van der Waals surface area contributed by atoms with Crippen LogP contribution in [-0.2, 0) is 4.79 Å². The maximum Gasteiger partial charge on any atom is 0.325 e. The van der Waals surface area contributed by atoms with E-state index in [9.17, 15) is 15.0 Å². The van der Waals surface area contributed by atoms with Crippen LogP contribution in [0, 0.1) is 13.8 Å². The molecule has 1 aromatic carbocycles. The molecule has 2 rings (SSSR count). The number of carboxylic acid groups (broad SMARTS) is 1. The lowest BCUT2D eigenvalue weighted by Gasteiger charge is -2.40. The molecule has 4 nitrogen and oxygen atoms in total. The molecule has 92 valence electrons. The Bertz CT molecular complexity index is 438. The van der Waals surface area contributed by atoms with Crippen LogP contribution in [0.5, 0.6) is 0 Å². The van der Waals surface area contributed by atoms with Crippen molar-refractivity contribution in [3.8, 4) is 0 Å². The summed E-state index contributed by atoms with van der Waals surface area (Å²) in [6.07, 6.45) is -0.387. The highest BCUT2D eigenvalue weighted by atomic mass is 16.4. The normalized spacial score (nSPS) is 18.8. The van der Waals surface area contributed by atoms with Crippen LogP contribution < -0.4 is 0 Å². The van der Waals surface area contributed by atoms with Crippen molar-refractivity contribution < 1.29 is 15.0 Å². The molecular formula is C13H17NO3. The van der Waals surface area contributed by atoms with Gasteiger partial charge in [0.25, 0.3) is 0 Å². The summed E-state index contributed by atoms with van der Waals surface area (Å²) in [7, 11) is 0. The molecule has 1 atom stereocenters. The highest BCUT2D eigenvalue weighted by Gasteiger charge is 2.36. The van der Waals surface area contributed by atoms with Crippen molar-refractivity contribution >= 4 is 5.97 Å². The number of hydrogen-bond acceptors (Lipinski definition) is 3. The average molecular weight is 235 g/mol. The van der Waals surface area contributed by atoms with Gasteiger partial charge in [-0.2, -0.15) is 0 Å². The molecule has 4 heteroatoms. The van der Waals surface area contributed by atoms with E-state index in [1.165, 1.54) is 0 Å². The first kappa shape index (κ1) is 12.1. The van der Waals surface area contributed by atoms with Gasteiger partial charge in [-0.25, -0.2) is 0 Å². The Hall–Kier alpha value is -1.39. The lowest BCUT2D eigenvalue weighted by Crippen LogP contribution is -2.54. The molecule has 1 fully saturated rings. The molecule has 0 spiro atoms. The molecule has 1 aliphatic heterocycles. The maximum absolute atomic E-state index is 11.4.